The van der Waals surface area contributed by atoms with E-state index in [-0.39, 0.29) is 17.5 Å². The van der Waals surface area contributed by atoms with Crippen molar-refractivity contribution < 1.29 is 18.8 Å². The smallest absolute Gasteiger partial charge is 0.277 e. The summed E-state index contributed by atoms with van der Waals surface area (Å²) >= 11 is 0. The van der Waals surface area contributed by atoms with Gasteiger partial charge in [-0.2, -0.15) is 0 Å². The van der Waals surface area contributed by atoms with Crippen molar-refractivity contribution in [3.8, 4) is 11.5 Å². The molecule has 1 amide bonds. The quantitative estimate of drug-likeness (QED) is 0.880. The molecular formula is C17H22N2O4. The van der Waals surface area contributed by atoms with Crippen molar-refractivity contribution in [3.63, 3.8) is 0 Å². The lowest BCUT2D eigenvalue weighted by Crippen LogP contribution is -2.14. The maximum atomic E-state index is 12.3. The van der Waals surface area contributed by atoms with Gasteiger partial charge >= 0.3 is 0 Å². The first-order valence-corrected chi connectivity index (χ1v) is 7.52. The number of nitrogens with zero attached hydrogens (tertiary/aromatic N) is 1. The van der Waals surface area contributed by atoms with E-state index in [2.05, 4.69) is 24.3 Å². The van der Waals surface area contributed by atoms with Gasteiger partial charge in [0.15, 0.2) is 5.69 Å². The zero-order valence-corrected chi connectivity index (χ0v) is 14.1. The fourth-order valence-electron chi connectivity index (χ4n) is 2.56. The van der Waals surface area contributed by atoms with Crippen LogP contribution in [0.3, 0.4) is 0 Å². The average Bonchev–Trinajstić information content (AvgIpc) is 3.07. The lowest BCUT2D eigenvalue weighted by atomic mass is 9.95. The minimum Gasteiger partial charge on any atom is -0.496 e. The zero-order valence-electron chi connectivity index (χ0n) is 14.1. The van der Waals surface area contributed by atoms with Crippen molar-refractivity contribution in [2.75, 3.05) is 19.5 Å². The molecule has 0 saturated carbocycles. The molecule has 0 atom stereocenters. The number of nitrogens with one attached hydrogen (secondary N) is 1. The number of ether oxygens (including phenoxy) is 2. The van der Waals surface area contributed by atoms with Crippen LogP contribution in [0.15, 0.2) is 22.9 Å². The summed E-state index contributed by atoms with van der Waals surface area (Å²) < 4.78 is 15.8. The molecule has 6 heteroatoms. The molecule has 2 rings (SSSR count). The van der Waals surface area contributed by atoms with Crippen molar-refractivity contribution in [1.29, 1.82) is 0 Å². The number of methoxy groups -OCH3 is 2. The van der Waals surface area contributed by atoms with Crippen LogP contribution in [0.5, 0.6) is 11.5 Å². The predicted octanol–water partition coefficient (Wildman–Crippen LogP) is 3.63. The fourth-order valence-corrected chi connectivity index (χ4v) is 2.56. The Balaban J connectivity index is 2.53. The van der Waals surface area contributed by atoms with E-state index in [4.69, 9.17) is 14.0 Å². The third-order valence-corrected chi connectivity index (χ3v) is 3.66. The Kier molecular flexibility index (Phi) is 5.26. The number of benzene rings is 1. The van der Waals surface area contributed by atoms with Gasteiger partial charge in [-0.05, 0) is 24.0 Å². The van der Waals surface area contributed by atoms with Crippen molar-refractivity contribution in [2.24, 2.45) is 0 Å². The third kappa shape index (κ3) is 3.31. The second-order valence-electron chi connectivity index (χ2n) is 5.41. The summed E-state index contributed by atoms with van der Waals surface area (Å²) in [7, 11) is 3.22. The summed E-state index contributed by atoms with van der Waals surface area (Å²) in [6.45, 7) is 6.17. The standard InChI is InChI=1S/C17H22N2O4/c1-6-11-15(21-4)12(10(2)3)9-14(16(11)22-5)18-17(20)13-7-8-23-19-13/h7-10H,6H2,1-5H3,(H,18,20). The second-order valence-corrected chi connectivity index (χ2v) is 5.41. The Bertz CT molecular complexity index is 678. The predicted molar refractivity (Wildman–Crippen MR) is 87.5 cm³/mol. The van der Waals surface area contributed by atoms with Crippen LogP contribution in [0.1, 0.15) is 48.3 Å². The Labute approximate surface area is 135 Å². The van der Waals surface area contributed by atoms with Crippen LogP contribution in [-0.4, -0.2) is 25.3 Å². The highest BCUT2D eigenvalue weighted by Crippen LogP contribution is 2.42. The largest absolute Gasteiger partial charge is 0.496 e. The van der Waals surface area contributed by atoms with Crippen LogP contribution in [0, 0.1) is 0 Å². The van der Waals surface area contributed by atoms with Crippen molar-refractivity contribution in [1.82, 2.24) is 5.16 Å². The van der Waals surface area contributed by atoms with Gasteiger partial charge in [0.05, 0.1) is 19.9 Å². The van der Waals surface area contributed by atoms with Gasteiger partial charge in [0, 0.05) is 11.6 Å². The molecule has 0 aliphatic heterocycles. The third-order valence-electron chi connectivity index (χ3n) is 3.66. The SMILES string of the molecule is CCc1c(OC)c(NC(=O)c2ccon2)cc(C(C)C)c1OC. The van der Waals surface area contributed by atoms with Gasteiger partial charge in [-0.1, -0.05) is 25.9 Å². The van der Waals surface area contributed by atoms with Gasteiger partial charge < -0.3 is 19.3 Å². The van der Waals surface area contributed by atoms with E-state index in [1.807, 2.05) is 13.0 Å². The van der Waals surface area contributed by atoms with Crippen molar-refractivity contribution in [3.05, 3.63) is 35.2 Å². The van der Waals surface area contributed by atoms with Crippen LogP contribution in [0.2, 0.25) is 0 Å². The highest BCUT2D eigenvalue weighted by atomic mass is 16.5. The topological polar surface area (TPSA) is 73.6 Å². The van der Waals surface area contributed by atoms with E-state index in [1.54, 1.807) is 14.2 Å². The van der Waals surface area contributed by atoms with Gasteiger partial charge in [0.2, 0.25) is 0 Å². The molecule has 2 aromatic rings. The Morgan fingerprint density at radius 3 is 2.48 bits per heavy atom. The summed E-state index contributed by atoms with van der Waals surface area (Å²) in [5.41, 5.74) is 2.76. The molecule has 1 aromatic carbocycles. The number of carbonyl (C=O) groups is 1. The van der Waals surface area contributed by atoms with Crippen molar-refractivity contribution in [2.45, 2.75) is 33.1 Å². The molecule has 0 aliphatic rings. The first-order chi connectivity index (χ1) is 11.0. The summed E-state index contributed by atoms with van der Waals surface area (Å²) in [4.78, 5) is 12.3. The maximum absolute atomic E-state index is 12.3. The molecule has 0 saturated heterocycles. The molecule has 0 aliphatic carbocycles. The number of hydrogen-bond donors (Lipinski definition) is 1. The van der Waals surface area contributed by atoms with Gasteiger partial charge in [0.1, 0.15) is 17.8 Å². The summed E-state index contributed by atoms with van der Waals surface area (Å²) in [6, 6.07) is 3.40. The number of hydrogen-bond acceptors (Lipinski definition) is 5. The summed E-state index contributed by atoms with van der Waals surface area (Å²) in [5, 5.41) is 6.49. The Hall–Kier alpha value is -2.50. The van der Waals surface area contributed by atoms with Gasteiger partial charge in [-0.15, -0.1) is 0 Å². The van der Waals surface area contributed by atoms with Crippen LogP contribution < -0.4 is 14.8 Å². The first kappa shape index (κ1) is 16.9. The molecule has 0 bridgehead atoms. The summed E-state index contributed by atoms with van der Waals surface area (Å²) in [6.07, 6.45) is 2.08. The molecule has 124 valence electrons. The maximum Gasteiger partial charge on any atom is 0.277 e. The Morgan fingerprint density at radius 1 is 1.30 bits per heavy atom. The van der Waals surface area contributed by atoms with Gasteiger partial charge in [0.25, 0.3) is 5.91 Å². The number of amides is 1. The van der Waals surface area contributed by atoms with E-state index < -0.39 is 0 Å². The van der Waals surface area contributed by atoms with E-state index in [9.17, 15) is 4.79 Å². The molecule has 1 aromatic heterocycles. The average molecular weight is 318 g/mol. The Morgan fingerprint density at radius 2 is 2.00 bits per heavy atom. The van der Waals surface area contributed by atoms with E-state index >= 15 is 0 Å². The van der Waals surface area contributed by atoms with Crippen molar-refractivity contribution >= 4 is 11.6 Å². The van der Waals surface area contributed by atoms with E-state index in [0.717, 1.165) is 23.3 Å². The fraction of sp³-hybridized carbons (Fsp3) is 0.412. The van der Waals surface area contributed by atoms with Gasteiger partial charge in [-0.3, -0.25) is 4.79 Å². The normalized spacial score (nSPS) is 10.7. The molecule has 1 heterocycles. The zero-order chi connectivity index (χ0) is 17.0. The molecular weight excluding hydrogens is 296 g/mol. The highest BCUT2D eigenvalue weighted by molar-refractivity contribution is 6.03. The minimum absolute atomic E-state index is 0.215. The molecule has 1 N–H and O–H groups in total. The van der Waals surface area contributed by atoms with Crippen LogP contribution in [0.4, 0.5) is 5.69 Å². The molecule has 23 heavy (non-hydrogen) atoms. The van der Waals surface area contributed by atoms with Crippen LogP contribution >= 0.6 is 0 Å². The van der Waals surface area contributed by atoms with Crippen LogP contribution in [-0.2, 0) is 6.42 Å². The number of anilines is 1. The molecule has 6 nitrogen and oxygen atoms in total. The van der Waals surface area contributed by atoms with Crippen LogP contribution in [0.25, 0.3) is 0 Å². The molecule has 0 fully saturated rings. The second kappa shape index (κ2) is 7.17. The highest BCUT2D eigenvalue weighted by Gasteiger charge is 2.22. The van der Waals surface area contributed by atoms with E-state index in [1.165, 1.54) is 12.3 Å². The minimum atomic E-state index is -0.348. The van der Waals surface area contributed by atoms with E-state index in [0.29, 0.717) is 11.4 Å². The summed E-state index contributed by atoms with van der Waals surface area (Å²) in [5.74, 6) is 1.30. The lowest BCUT2D eigenvalue weighted by molar-refractivity contribution is 0.101. The number of aromatic nitrogens is 1. The molecule has 0 radical (unpaired) electrons. The number of carbonyl (C=O) groups excluding carboxylic acids is 1. The number of rotatable bonds is 6. The molecule has 0 unspecified atom stereocenters. The van der Waals surface area contributed by atoms with Gasteiger partial charge in [-0.25, -0.2) is 0 Å². The monoisotopic (exact) mass is 318 g/mol. The first-order valence-electron chi connectivity index (χ1n) is 7.52. The lowest BCUT2D eigenvalue weighted by Gasteiger charge is -2.21. The molecule has 0 spiro atoms.